The molecule has 1 unspecified atom stereocenters. The molecule has 1 rings (SSSR count). The van der Waals surface area contributed by atoms with Crippen LogP contribution in [0.5, 0.6) is 0 Å². The SMILES string of the molecule is CCN(CC(=O)NC(C)C)C(=O)CC(NC(C)=O)c1ccccc1. The number of carbonyl (C=O) groups is 3. The van der Waals surface area contributed by atoms with Gasteiger partial charge in [-0.1, -0.05) is 30.3 Å². The zero-order chi connectivity index (χ0) is 18.1. The molecule has 0 aliphatic heterocycles. The van der Waals surface area contributed by atoms with Gasteiger partial charge in [-0.3, -0.25) is 14.4 Å². The Hall–Kier alpha value is -2.37. The third-order valence-electron chi connectivity index (χ3n) is 3.48. The first-order chi connectivity index (χ1) is 11.3. The van der Waals surface area contributed by atoms with Gasteiger partial charge in [0.05, 0.1) is 19.0 Å². The Morgan fingerprint density at radius 3 is 2.21 bits per heavy atom. The van der Waals surface area contributed by atoms with Gasteiger partial charge in [-0.2, -0.15) is 0 Å². The number of benzene rings is 1. The van der Waals surface area contributed by atoms with Crippen molar-refractivity contribution >= 4 is 17.7 Å². The second-order valence-electron chi connectivity index (χ2n) is 6.00. The van der Waals surface area contributed by atoms with Gasteiger partial charge in [0, 0.05) is 19.5 Å². The second kappa shape index (κ2) is 9.70. The van der Waals surface area contributed by atoms with E-state index in [1.165, 1.54) is 11.8 Å². The van der Waals surface area contributed by atoms with Gasteiger partial charge in [-0.15, -0.1) is 0 Å². The summed E-state index contributed by atoms with van der Waals surface area (Å²) in [5, 5.41) is 5.58. The zero-order valence-electron chi connectivity index (χ0n) is 14.8. The fourth-order valence-corrected chi connectivity index (χ4v) is 2.40. The van der Waals surface area contributed by atoms with Crippen molar-refractivity contribution in [1.82, 2.24) is 15.5 Å². The van der Waals surface area contributed by atoms with Crippen LogP contribution in [0.1, 0.15) is 45.7 Å². The molecule has 0 saturated carbocycles. The topological polar surface area (TPSA) is 78.5 Å². The molecule has 6 nitrogen and oxygen atoms in total. The summed E-state index contributed by atoms with van der Waals surface area (Å²) < 4.78 is 0. The van der Waals surface area contributed by atoms with Gasteiger partial charge >= 0.3 is 0 Å². The number of nitrogens with one attached hydrogen (secondary N) is 2. The summed E-state index contributed by atoms with van der Waals surface area (Å²) in [6.07, 6.45) is 0.117. The van der Waals surface area contributed by atoms with E-state index in [-0.39, 0.29) is 36.7 Å². The first kappa shape index (κ1) is 19.7. The van der Waals surface area contributed by atoms with E-state index in [0.717, 1.165) is 5.56 Å². The summed E-state index contributed by atoms with van der Waals surface area (Å²) in [4.78, 5) is 37.4. The molecule has 1 aromatic carbocycles. The molecule has 24 heavy (non-hydrogen) atoms. The van der Waals surface area contributed by atoms with E-state index in [9.17, 15) is 14.4 Å². The van der Waals surface area contributed by atoms with E-state index in [2.05, 4.69) is 10.6 Å². The number of hydrogen-bond acceptors (Lipinski definition) is 3. The molecular formula is C18H27N3O3. The number of nitrogens with zero attached hydrogens (tertiary/aromatic N) is 1. The number of likely N-dealkylation sites (N-methyl/N-ethyl adjacent to an activating group) is 1. The van der Waals surface area contributed by atoms with Crippen molar-refractivity contribution in [3.63, 3.8) is 0 Å². The molecule has 132 valence electrons. The van der Waals surface area contributed by atoms with Crippen molar-refractivity contribution in [2.24, 2.45) is 0 Å². The maximum atomic E-state index is 12.6. The third-order valence-corrected chi connectivity index (χ3v) is 3.48. The second-order valence-corrected chi connectivity index (χ2v) is 6.00. The van der Waals surface area contributed by atoms with E-state index in [1.807, 2.05) is 51.1 Å². The Morgan fingerprint density at radius 2 is 1.71 bits per heavy atom. The molecule has 0 spiro atoms. The molecule has 6 heteroatoms. The minimum atomic E-state index is -0.404. The molecule has 0 aliphatic carbocycles. The van der Waals surface area contributed by atoms with Crippen molar-refractivity contribution in [2.45, 2.75) is 46.2 Å². The molecule has 2 N–H and O–H groups in total. The summed E-state index contributed by atoms with van der Waals surface area (Å²) in [6, 6.07) is 8.97. The Bertz CT molecular complexity index is 558. The Balaban J connectivity index is 2.78. The van der Waals surface area contributed by atoms with Crippen LogP contribution >= 0.6 is 0 Å². The summed E-state index contributed by atoms with van der Waals surface area (Å²) in [6.45, 7) is 7.46. The standard InChI is InChI=1S/C18H27N3O3/c1-5-21(12-17(23)19-13(2)3)18(24)11-16(20-14(4)22)15-9-7-6-8-10-15/h6-10,13,16H,5,11-12H2,1-4H3,(H,19,23)(H,20,22). The van der Waals surface area contributed by atoms with Gasteiger partial charge in [-0.25, -0.2) is 0 Å². The van der Waals surface area contributed by atoms with Gasteiger partial charge in [0.2, 0.25) is 17.7 Å². The first-order valence-electron chi connectivity index (χ1n) is 8.22. The number of carbonyl (C=O) groups excluding carboxylic acids is 3. The van der Waals surface area contributed by atoms with Crippen LogP contribution in [0.4, 0.5) is 0 Å². The van der Waals surface area contributed by atoms with Gasteiger partial charge in [0.25, 0.3) is 0 Å². The smallest absolute Gasteiger partial charge is 0.239 e. The fourth-order valence-electron chi connectivity index (χ4n) is 2.40. The lowest BCUT2D eigenvalue weighted by molar-refractivity contribution is -0.136. The Kier molecular flexibility index (Phi) is 7.95. The van der Waals surface area contributed by atoms with Crippen LogP contribution in [0, 0.1) is 0 Å². The average molecular weight is 333 g/mol. The van der Waals surface area contributed by atoms with Gasteiger partial charge in [0.15, 0.2) is 0 Å². The Labute approximate surface area is 143 Å². The monoisotopic (exact) mass is 333 g/mol. The normalized spacial score (nSPS) is 11.7. The van der Waals surface area contributed by atoms with Crippen LogP contribution in [0.2, 0.25) is 0 Å². The quantitative estimate of drug-likeness (QED) is 0.759. The van der Waals surface area contributed by atoms with Crippen LogP contribution in [0.15, 0.2) is 30.3 Å². The molecule has 0 aliphatic rings. The number of amides is 3. The predicted molar refractivity (Wildman–Crippen MR) is 93.1 cm³/mol. The largest absolute Gasteiger partial charge is 0.352 e. The highest BCUT2D eigenvalue weighted by molar-refractivity contribution is 5.85. The minimum Gasteiger partial charge on any atom is -0.352 e. The van der Waals surface area contributed by atoms with Crippen LogP contribution in [0.25, 0.3) is 0 Å². The highest BCUT2D eigenvalue weighted by Gasteiger charge is 2.22. The lowest BCUT2D eigenvalue weighted by atomic mass is 10.0. The molecular weight excluding hydrogens is 306 g/mol. The molecule has 0 aromatic heterocycles. The molecule has 1 atom stereocenters. The maximum absolute atomic E-state index is 12.6. The number of hydrogen-bond donors (Lipinski definition) is 2. The first-order valence-corrected chi connectivity index (χ1v) is 8.22. The van der Waals surface area contributed by atoms with Gasteiger partial charge in [-0.05, 0) is 26.3 Å². The van der Waals surface area contributed by atoms with Crippen LogP contribution in [-0.2, 0) is 14.4 Å². The minimum absolute atomic E-state index is 0.0229. The summed E-state index contributed by atoms with van der Waals surface area (Å²) in [7, 11) is 0. The number of rotatable bonds is 8. The summed E-state index contributed by atoms with van der Waals surface area (Å²) in [5.41, 5.74) is 0.865. The van der Waals surface area contributed by atoms with E-state index < -0.39 is 6.04 Å². The van der Waals surface area contributed by atoms with Crippen LogP contribution in [-0.4, -0.2) is 41.8 Å². The summed E-state index contributed by atoms with van der Waals surface area (Å²) >= 11 is 0. The molecule has 3 amide bonds. The lowest BCUT2D eigenvalue weighted by Gasteiger charge is -2.24. The molecule has 0 heterocycles. The van der Waals surface area contributed by atoms with Gasteiger partial charge < -0.3 is 15.5 Å². The van der Waals surface area contributed by atoms with Crippen molar-refractivity contribution in [3.8, 4) is 0 Å². The van der Waals surface area contributed by atoms with E-state index >= 15 is 0 Å². The summed E-state index contributed by atoms with van der Waals surface area (Å²) in [5.74, 6) is -0.549. The molecule has 0 saturated heterocycles. The lowest BCUT2D eigenvalue weighted by Crippen LogP contribution is -2.43. The fraction of sp³-hybridized carbons (Fsp3) is 0.500. The van der Waals surface area contributed by atoms with E-state index in [0.29, 0.717) is 6.54 Å². The van der Waals surface area contributed by atoms with Crippen molar-refractivity contribution in [1.29, 1.82) is 0 Å². The van der Waals surface area contributed by atoms with Gasteiger partial charge in [0.1, 0.15) is 0 Å². The van der Waals surface area contributed by atoms with Crippen molar-refractivity contribution in [3.05, 3.63) is 35.9 Å². The third kappa shape index (κ3) is 6.81. The van der Waals surface area contributed by atoms with Crippen molar-refractivity contribution < 1.29 is 14.4 Å². The molecule has 0 radical (unpaired) electrons. The Morgan fingerprint density at radius 1 is 1.08 bits per heavy atom. The van der Waals surface area contributed by atoms with Crippen LogP contribution < -0.4 is 10.6 Å². The zero-order valence-corrected chi connectivity index (χ0v) is 14.8. The molecule has 0 fully saturated rings. The van der Waals surface area contributed by atoms with E-state index in [1.54, 1.807) is 0 Å². The predicted octanol–water partition coefficient (Wildman–Crippen LogP) is 1.63. The highest BCUT2D eigenvalue weighted by atomic mass is 16.2. The van der Waals surface area contributed by atoms with Crippen molar-refractivity contribution in [2.75, 3.05) is 13.1 Å². The highest BCUT2D eigenvalue weighted by Crippen LogP contribution is 2.17. The van der Waals surface area contributed by atoms with E-state index in [4.69, 9.17) is 0 Å². The average Bonchev–Trinajstić information content (AvgIpc) is 2.51. The molecule has 0 bridgehead atoms. The molecule has 1 aromatic rings. The maximum Gasteiger partial charge on any atom is 0.239 e. The van der Waals surface area contributed by atoms with Crippen LogP contribution in [0.3, 0.4) is 0 Å².